The van der Waals surface area contributed by atoms with Crippen LogP contribution in [-0.4, -0.2) is 18.4 Å². The minimum atomic E-state index is -0.614. The molecule has 0 aromatic heterocycles. The summed E-state index contributed by atoms with van der Waals surface area (Å²) < 4.78 is 0.955. The average Bonchev–Trinajstić information content (AvgIpc) is 2.48. The summed E-state index contributed by atoms with van der Waals surface area (Å²) in [4.78, 5) is 23.1. The third-order valence-electron chi connectivity index (χ3n) is 2.83. The Labute approximate surface area is 146 Å². The third-order valence-corrected chi connectivity index (χ3v) is 4.10. The molecule has 7 heteroatoms. The molecule has 5 nitrogen and oxygen atoms in total. The Hall–Kier alpha value is -1.80. The van der Waals surface area contributed by atoms with Gasteiger partial charge in [-0.2, -0.15) is 0 Å². The zero-order chi connectivity index (χ0) is 16.1. The van der Waals surface area contributed by atoms with Gasteiger partial charge < -0.3 is 16.4 Å². The first-order valence-corrected chi connectivity index (χ1v) is 7.80. The highest BCUT2D eigenvalue weighted by Crippen LogP contribution is 2.20. The summed E-state index contributed by atoms with van der Waals surface area (Å²) in [5, 5.41) is 6.01. The maximum atomic E-state index is 11.9. The van der Waals surface area contributed by atoms with E-state index in [1.165, 1.54) is 6.07 Å². The molecule has 0 radical (unpaired) electrons. The van der Waals surface area contributed by atoms with E-state index in [1.54, 1.807) is 12.1 Å². The molecule has 0 saturated carbocycles. The van der Waals surface area contributed by atoms with Crippen LogP contribution in [0.2, 0.25) is 5.02 Å². The predicted octanol–water partition coefficient (Wildman–Crippen LogP) is 3.09. The Balaban J connectivity index is 1.98. The van der Waals surface area contributed by atoms with E-state index in [0.29, 0.717) is 5.69 Å². The maximum absolute atomic E-state index is 11.9. The lowest BCUT2D eigenvalue weighted by Gasteiger charge is -2.10. The highest BCUT2D eigenvalue weighted by Gasteiger charge is 2.09. The fourth-order valence-corrected chi connectivity index (χ4v) is 2.50. The molecule has 0 spiro atoms. The molecule has 0 atom stereocenters. The predicted molar refractivity (Wildman–Crippen MR) is 96.2 cm³/mol. The minimum absolute atomic E-state index is 0.0603. The number of hydrogen-bond donors (Lipinski definition) is 3. The molecular weight excluding hydrogens is 417 g/mol. The first-order chi connectivity index (χ1) is 10.5. The van der Waals surface area contributed by atoms with Crippen LogP contribution in [0, 0.1) is 3.57 Å². The van der Waals surface area contributed by atoms with Gasteiger partial charge in [0, 0.05) is 9.26 Å². The number of rotatable bonds is 5. The van der Waals surface area contributed by atoms with E-state index in [4.69, 9.17) is 17.3 Å². The van der Waals surface area contributed by atoms with Gasteiger partial charge in [-0.25, -0.2) is 0 Å². The van der Waals surface area contributed by atoms with E-state index in [-0.39, 0.29) is 23.0 Å². The van der Waals surface area contributed by atoms with E-state index >= 15 is 0 Å². The summed E-state index contributed by atoms with van der Waals surface area (Å²) in [5.41, 5.74) is 6.79. The summed E-state index contributed by atoms with van der Waals surface area (Å²) in [6.07, 6.45) is 0. The zero-order valence-electron chi connectivity index (χ0n) is 11.4. The molecule has 0 aliphatic carbocycles. The number of anilines is 2. The van der Waals surface area contributed by atoms with Gasteiger partial charge in [-0.15, -0.1) is 0 Å². The van der Waals surface area contributed by atoms with Crippen molar-refractivity contribution in [1.82, 2.24) is 0 Å². The quantitative estimate of drug-likeness (QED) is 0.639. The van der Waals surface area contributed by atoms with Crippen molar-refractivity contribution in [2.45, 2.75) is 0 Å². The highest BCUT2D eigenvalue weighted by molar-refractivity contribution is 14.1. The standard InChI is InChI=1S/C15H13ClIN3O2/c16-11-6-5-9(7-10(11)15(18)22)19-8-14(21)20-13-4-2-1-3-12(13)17/h1-7,19H,8H2,(H2,18,22)(H,20,21). The van der Waals surface area contributed by atoms with Crippen molar-refractivity contribution in [3.8, 4) is 0 Å². The van der Waals surface area contributed by atoms with Crippen LogP contribution in [0.3, 0.4) is 0 Å². The second kappa shape index (κ2) is 7.46. The number of carbonyl (C=O) groups excluding carboxylic acids is 2. The molecule has 0 unspecified atom stereocenters. The minimum Gasteiger partial charge on any atom is -0.376 e. The second-order valence-electron chi connectivity index (χ2n) is 4.44. The van der Waals surface area contributed by atoms with Gasteiger partial charge in [0.25, 0.3) is 0 Å². The van der Waals surface area contributed by atoms with Gasteiger partial charge in [0.2, 0.25) is 11.8 Å². The highest BCUT2D eigenvalue weighted by atomic mass is 127. The topological polar surface area (TPSA) is 84.2 Å². The van der Waals surface area contributed by atoms with Crippen molar-refractivity contribution in [3.05, 3.63) is 56.6 Å². The third kappa shape index (κ3) is 4.35. The van der Waals surface area contributed by atoms with Crippen LogP contribution in [-0.2, 0) is 4.79 Å². The SMILES string of the molecule is NC(=O)c1cc(NCC(=O)Nc2ccccc2I)ccc1Cl. The lowest BCUT2D eigenvalue weighted by atomic mass is 10.2. The summed E-state index contributed by atoms with van der Waals surface area (Å²) >= 11 is 8.02. The zero-order valence-corrected chi connectivity index (χ0v) is 14.3. The molecule has 114 valence electrons. The number of halogens is 2. The molecule has 2 amide bonds. The maximum Gasteiger partial charge on any atom is 0.250 e. The fourth-order valence-electron chi connectivity index (χ4n) is 1.76. The van der Waals surface area contributed by atoms with Crippen molar-refractivity contribution in [2.75, 3.05) is 17.2 Å². The number of hydrogen-bond acceptors (Lipinski definition) is 3. The number of para-hydroxylation sites is 1. The van der Waals surface area contributed by atoms with E-state index in [2.05, 4.69) is 33.2 Å². The molecule has 0 aliphatic heterocycles. The van der Waals surface area contributed by atoms with Crippen molar-refractivity contribution in [3.63, 3.8) is 0 Å². The molecule has 2 rings (SSSR count). The van der Waals surface area contributed by atoms with Crippen LogP contribution in [0.5, 0.6) is 0 Å². The molecule has 2 aromatic rings. The lowest BCUT2D eigenvalue weighted by Crippen LogP contribution is -2.22. The van der Waals surface area contributed by atoms with Gasteiger partial charge >= 0.3 is 0 Å². The van der Waals surface area contributed by atoms with Gasteiger partial charge in [-0.05, 0) is 52.9 Å². The summed E-state index contributed by atoms with van der Waals surface area (Å²) in [5.74, 6) is -0.809. The monoisotopic (exact) mass is 429 g/mol. The molecule has 0 heterocycles. The van der Waals surface area contributed by atoms with Crippen LogP contribution in [0.25, 0.3) is 0 Å². The summed E-state index contributed by atoms with van der Waals surface area (Å²) in [6, 6.07) is 12.2. The average molecular weight is 430 g/mol. The molecule has 2 aromatic carbocycles. The van der Waals surface area contributed by atoms with Gasteiger partial charge in [0.15, 0.2) is 0 Å². The van der Waals surface area contributed by atoms with Crippen molar-refractivity contribution in [2.24, 2.45) is 5.73 Å². The van der Waals surface area contributed by atoms with E-state index in [0.717, 1.165) is 9.26 Å². The number of carbonyl (C=O) groups is 2. The van der Waals surface area contributed by atoms with E-state index in [1.807, 2.05) is 24.3 Å². The van der Waals surface area contributed by atoms with E-state index < -0.39 is 5.91 Å². The van der Waals surface area contributed by atoms with Crippen LogP contribution in [0.4, 0.5) is 11.4 Å². The van der Waals surface area contributed by atoms with Crippen molar-refractivity contribution < 1.29 is 9.59 Å². The Morgan fingerprint density at radius 3 is 2.59 bits per heavy atom. The molecule has 22 heavy (non-hydrogen) atoms. The molecular formula is C15H13ClIN3O2. The van der Waals surface area contributed by atoms with Crippen LogP contribution < -0.4 is 16.4 Å². The lowest BCUT2D eigenvalue weighted by molar-refractivity contribution is -0.114. The van der Waals surface area contributed by atoms with Crippen LogP contribution in [0.15, 0.2) is 42.5 Å². The molecule has 0 bridgehead atoms. The normalized spacial score (nSPS) is 10.1. The number of nitrogens with one attached hydrogen (secondary N) is 2. The molecule has 0 aliphatic rings. The Morgan fingerprint density at radius 1 is 1.18 bits per heavy atom. The Morgan fingerprint density at radius 2 is 1.91 bits per heavy atom. The van der Waals surface area contributed by atoms with Gasteiger partial charge in [0.05, 0.1) is 22.8 Å². The van der Waals surface area contributed by atoms with E-state index in [9.17, 15) is 9.59 Å². The van der Waals surface area contributed by atoms with Crippen molar-refractivity contribution >= 4 is 57.4 Å². The number of benzene rings is 2. The van der Waals surface area contributed by atoms with Gasteiger partial charge in [0.1, 0.15) is 0 Å². The summed E-state index contributed by atoms with van der Waals surface area (Å²) in [6.45, 7) is 0.0603. The Kier molecular flexibility index (Phi) is 5.62. The Bertz CT molecular complexity index is 722. The second-order valence-corrected chi connectivity index (χ2v) is 6.01. The van der Waals surface area contributed by atoms with Crippen LogP contribution >= 0.6 is 34.2 Å². The first kappa shape index (κ1) is 16.6. The fraction of sp³-hybridized carbons (Fsp3) is 0.0667. The van der Waals surface area contributed by atoms with Crippen molar-refractivity contribution in [1.29, 1.82) is 0 Å². The molecule has 0 fully saturated rings. The number of nitrogens with two attached hydrogens (primary N) is 1. The summed E-state index contributed by atoms with van der Waals surface area (Å²) in [7, 11) is 0. The molecule has 0 saturated heterocycles. The van der Waals surface area contributed by atoms with Gasteiger partial charge in [-0.3, -0.25) is 9.59 Å². The number of amides is 2. The smallest absolute Gasteiger partial charge is 0.250 e. The number of primary amides is 1. The first-order valence-electron chi connectivity index (χ1n) is 6.35. The van der Waals surface area contributed by atoms with Gasteiger partial charge in [-0.1, -0.05) is 23.7 Å². The van der Waals surface area contributed by atoms with Crippen LogP contribution in [0.1, 0.15) is 10.4 Å². The largest absolute Gasteiger partial charge is 0.376 e. The molecule has 4 N–H and O–H groups in total.